The lowest BCUT2D eigenvalue weighted by atomic mass is 10.1. The number of amides is 1. The molecule has 0 fully saturated rings. The minimum absolute atomic E-state index is 0.0231. The van der Waals surface area contributed by atoms with E-state index < -0.39 is 0 Å². The molecule has 1 aliphatic rings. The first-order valence-corrected chi connectivity index (χ1v) is 7.92. The number of ether oxygens (including phenoxy) is 2. The van der Waals surface area contributed by atoms with E-state index in [1.807, 2.05) is 62.4 Å². The Kier molecular flexibility index (Phi) is 4.51. The van der Waals surface area contributed by atoms with Crippen LogP contribution < -0.4 is 9.47 Å². The van der Waals surface area contributed by atoms with Gasteiger partial charge in [0.2, 0.25) is 0 Å². The average Bonchev–Trinajstić information content (AvgIpc) is 2.59. The molecule has 0 radical (unpaired) electrons. The molecule has 0 spiro atoms. The van der Waals surface area contributed by atoms with E-state index in [1.54, 1.807) is 4.90 Å². The van der Waals surface area contributed by atoms with E-state index in [-0.39, 0.29) is 12.0 Å². The number of rotatable bonds is 4. The Labute approximate surface area is 136 Å². The van der Waals surface area contributed by atoms with Gasteiger partial charge in [-0.2, -0.15) is 0 Å². The average molecular weight is 311 g/mol. The molecule has 0 aliphatic carbocycles. The number of hydrogen-bond acceptors (Lipinski definition) is 3. The van der Waals surface area contributed by atoms with Crippen molar-refractivity contribution >= 4 is 5.91 Å². The highest BCUT2D eigenvalue weighted by Gasteiger charge is 2.25. The van der Waals surface area contributed by atoms with Gasteiger partial charge in [-0.3, -0.25) is 4.79 Å². The first-order valence-electron chi connectivity index (χ1n) is 7.92. The number of likely N-dealkylation sites (N-methyl/N-ethyl adjacent to an activating group) is 1. The SMILES string of the molecule is CCN(CC1COc2ccccc2O1)C(=O)c1ccc(C)cc1. The van der Waals surface area contributed by atoms with Gasteiger partial charge in [0.1, 0.15) is 6.61 Å². The quantitative estimate of drug-likeness (QED) is 0.869. The van der Waals surface area contributed by atoms with Crippen LogP contribution in [0, 0.1) is 6.92 Å². The summed E-state index contributed by atoms with van der Waals surface area (Å²) in [4.78, 5) is 14.4. The van der Waals surface area contributed by atoms with E-state index in [4.69, 9.17) is 9.47 Å². The molecule has 1 unspecified atom stereocenters. The van der Waals surface area contributed by atoms with E-state index in [0.717, 1.165) is 17.1 Å². The summed E-state index contributed by atoms with van der Waals surface area (Å²) in [5.41, 5.74) is 1.85. The molecule has 2 aromatic carbocycles. The lowest BCUT2D eigenvalue weighted by Crippen LogP contribution is -2.43. The summed E-state index contributed by atoms with van der Waals surface area (Å²) in [6, 6.07) is 15.3. The number of fused-ring (bicyclic) bond motifs is 1. The van der Waals surface area contributed by atoms with Crippen LogP contribution in [-0.4, -0.2) is 36.6 Å². The van der Waals surface area contributed by atoms with Gasteiger partial charge in [-0.15, -0.1) is 0 Å². The molecule has 1 aliphatic heterocycles. The summed E-state index contributed by atoms with van der Waals surface area (Å²) in [7, 11) is 0. The molecule has 2 aromatic rings. The Balaban J connectivity index is 1.68. The van der Waals surface area contributed by atoms with Gasteiger partial charge in [0.25, 0.3) is 5.91 Å². The van der Waals surface area contributed by atoms with E-state index >= 15 is 0 Å². The van der Waals surface area contributed by atoms with Crippen LogP contribution in [0.1, 0.15) is 22.8 Å². The molecule has 0 N–H and O–H groups in total. The van der Waals surface area contributed by atoms with Crippen LogP contribution in [0.15, 0.2) is 48.5 Å². The summed E-state index contributed by atoms with van der Waals surface area (Å²) in [6.07, 6.45) is -0.153. The maximum absolute atomic E-state index is 12.6. The first kappa shape index (κ1) is 15.4. The Morgan fingerprint density at radius 1 is 1.13 bits per heavy atom. The smallest absolute Gasteiger partial charge is 0.253 e. The molecule has 23 heavy (non-hydrogen) atoms. The van der Waals surface area contributed by atoms with Crippen molar-refractivity contribution in [1.82, 2.24) is 4.90 Å². The number of nitrogens with zero attached hydrogens (tertiary/aromatic N) is 1. The summed E-state index contributed by atoms with van der Waals surface area (Å²) in [5.74, 6) is 1.52. The lowest BCUT2D eigenvalue weighted by molar-refractivity contribution is 0.0475. The zero-order chi connectivity index (χ0) is 16.2. The molecular weight excluding hydrogens is 290 g/mol. The minimum atomic E-state index is -0.153. The van der Waals surface area contributed by atoms with Gasteiger partial charge in [-0.1, -0.05) is 29.8 Å². The number of hydrogen-bond donors (Lipinski definition) is 0. The van der Waals surface area contributed by atoms with E-state index in [2.05, 4.69) is 0 Å². The topological polar surface area (TPSA) is 38.8 Å². The molecule has 3 rings (SSSR count). The molecule has 1 atom stereocenters. The van der Waals surface area contributed by atoms with E-state index in [1.165, 1.54) is 0 Å². The van der Waals surface area contributed by atoms with Crippen molar-refractivity contribution in [2.24, 2.45) is 0 Å². The number of carbonyl (C=O) groups excluding carboxylic acids is 1. The van der Waals surface area contributed by atoms with Gasteiger partial charge in [-0.05, 0) is 38.1 Å². The Bertz CT molecular complexity index is 681. The largest absolute Gasteiger partial charge is 0.486 e. The molecule has 120 valence electrons. The van der Waals surface area contributed by atoms with Gasteiger partial charge in [-0.25, -0.2) is 0 Å². The lowest BCUT2D eigenvalue weighted by Gasteiger charge is -2.31. The normalized spacial score (nSPS) is 16.0. The maximum Gasteiger partial charge on any atom is 0.253 e. The molecule has 1 heterocycles. The van der Waals surface area contributed by atoms with Crippen molar-refractivity contribution in [2.45, 2.75) is 20.0 Å². The van der Waals surface area contributed by atoms with Gasteiger partial charge < -0.3 is 14.4 Å². The van der Waals surface area contributed by atoms with Crippen LogP contribution in [0.2, 0.25) is 0 Å². The molecule has 0 saturated heterocycles. The summed E-state index contributed by atoms with van der Waals surface area (Å²) >= 11 is 0. The highest BCUT2D eigenvalue weighted by Crippen LogP contribution is 2.31. The second-order valence-corrected chi connectivity index (χ2v) is 5.71. The first-order chi connectivity index (χ1) is 11.2. The second-order valence-electron chi connectivity index (χ2n) is 5.71. The van der Waals surface area contributed by atoms with Crippen LogP contribution in [0.5, 0.6) is 11.5 Å². The fraction of sp³-hybridized carbons (Fsp3) is 0.316. The highest BCUT2D eigenvalue weighted by atomic mass is 16.6. The zero-order valence-electron chi connectivity index (χ0n) is 13.5. The summed E-state index contributed by atoms with van der Waals surface area (Å²) in [6.45, 7) is 5.58. The third kappa shape index (κ3) is 3.47. The molecule has 0 bridgehead atoms. The number of aryl methyl sites for hydroxylation is 1. The van der Waals surface area contributed by atoms with Crippen molar-refractivity contribution in [3.63, 3.8) is 0 Å². The monoisotopic (exact) mass is 311 g/mol. The minimum Gasteiger partial charge on any atom is -0.486 e. The van der Waals surface area contributed by atoms with Crippen LogP contribution in [0.4, 0.5) is 0 Å². The predicted molar refractivity (Wildman–Crippen MR) is 89.1 cm³/mol. The number of carbonyl (C=O) groups is 1. The van der Waals surface area contributed by atoms with Gasteiger partial charge in [0.05, 0.1) is 6.54 Å². The molecule has 0 aromatic heterocycles. The van der Waals surface area contributed by atoms with E-state index in [0.29, 0.717) is 25.3 Å². The van der Waals surface area contributed by atoms with Crippen LogP contribution >= 0.6 is 0 Å². The molecule has 4 nitrogen and oxygen atoms in total. The fourth-order valence-electron chi connectivity index (χ4n) is 2.63. The molecule has 1 amide bonds. The van der Waals surface area contributed by atoms with Crippen molar-refractivity contribution in [1.29, 1.82) is 0 Å². The third-order valence-electron chi connectivity index (χ3n) is 3.96. The van der Waals surface area contributed by atoms with Gasteiger partial charge >= 0.3 is 0 Å². The van der Waals surface area contributed by atoms with Crippen LogP contribution in [-0.2, 0) is 0 Å². The molecule has 0 saturated carbocycles. The number of benzene rings is 2. The summed E-state index contributed by atoms with van der Waals surface area (Å²) in [5, 5.41) is 0. The molecule has 4 heteroatoms. The van der Waals surface area contributed by atoms with Crippen molar-refractivity contribution in [3.05, 3.63) is 59.7 Å². The maximum atomic E-state index is 12.6. The molecular formula is C19H21NO3. The Morgan fingerprint density at radius 3 is 2.52 bits per heavy atom. The zero-order valence-corrected chi connectivity index (χ0v) is 13.5. The van der Waals surface area contributed by atoms with Crippen LogP contribution in [0.3, 0.4) is 0 Å². The Hall–Kier alpha value is -2.49. The van der Waals surface area contributed by atoms with E-state index in [9.17, 15) is 4.79 Å². The van der Waals surface area contributed by atoms with Gasteiger partial charge in [0, 0.05) is 12.1 Å². The Morgan fingerprint density at radius 2 is 1.83 bits per heavy atom. The van der Waals surface area contributed by atoms with Crippen LogP contribution in [0.25, 0.3) is 0 Å². The highest BCUT2D eigenvalue weighted by molar-refractivity contribution is 5.94. The standard InChI is InChI=1S/C19H21NO3/c1-3-20(19(21)15-10-8-14(2)9-11-15)12-16-13-22-17-6-4-5-7-18(17)23-16/h4-11,16H,3,12-13H2,1-2H3. The number of para-hydroxylation sites is 2. The third-order valence-corrected chi connectivity index (χ3v) is 3.96. The predicted octanol–water partition coefficient (Wildman–Crippen LogP) is 3.30. The second kappa shape index (κ2) is 6.73. The fourth-order valence-corrected chi connectivity index (χ4v) is 2.63. The van der Waals surface area contributed by atoms with Gasteiger partial charge in [0.15, 0.2) is 17.6 Å². The van der Waals surface area contributed by atoms with Crippen molar-refractivity contribution in [3.8, 4) is 11.5 Å². The van der Waals surface area contributed by atoms with Crippen molar-refractivity contribution < 1.29 is 14.3 Å². The summed E-state index contributed by atoms with van der Waals surface area (Å²) < 4.78 is 11.7. The van der Waals surface area contributed by atoms with Crippen molar-refractivity contribution in [2.75, 3.05) is 19.7 Å².